The molecule has 0 spiro atoms. The Kier molecular flexibility index (Phi) is 15.3. The van der Waals surface area contributed by atoms with Gasteiger partial charge in [0.1, 0.15) is 0 Å². The van der Waals surface area contributed by atoms with Gasteiger partial charge in [-0.25, -0.2) is 0 Å². The average Bonchev–Trinajstić information content (AvgIpc) is 2.65. The van der Waals surface area contributed by atoms with E-state index in [-0.39, 0.29) is 0 Å². The number of rotatable bonds is 17. The third kappa shape index (κ3) is 14.8. The summed E-state index contributed by atoms with van der Waals surface area (Å²) in [6.07, 6.45) is 24.0. The summed E-state index contributed by atoms with van der Waals surface area (Å²) in [5.41, 5.74) is 1.25. The van der Waals surface area contributed by atoms with Crippen LogP contribution in [0.25, 0.3) is 0 Å². The van der Waals surface area contributed by atoms with E-state index in [9.17, 15) is 0 Å². The summed E-state index contributed by atoms with van der Waals surface area (Å²) in [5, 5.41) is 3.49. The van der Waals surface area contributed by atoms with Crippen molar-refractivity contribution in [1.82, 2.24) is 0 Å². The van der Waals surface area contributed by atoms with Gasteiger partial charge in [-0.2, -0.15) is 0 Å². The Hall–Kier alpha value is -1.24. The molecule has 0 unspecified atom stereocenters. The molecule has 1 aromatic carbocycles. The SMILES string of the molecule is CCCCCCCC/C=C\CCCCCCCCNc1ccccc1. The van der Waals surface area contributed by atoms with Crippen LogP contribution in [0.3, 0.4) is 0 Å². The van der Waals surface area contributed by atoms with E-state index in [0.717, 1.165) is 6.54 Å². The number of nitrogens with one attached hydrogen (secondary N) is 1. The molecule has 0 atom stereocenters. The van der Waals surface area contributed by atoms with Crippen LogP contribution >= 0.6 is 0 Å². The molecule has 0 fully saturated rings. The first kappa shape index (κ1) is 21.8. The molecule has 0 aliphatic rings. The molecule has 0 radical (unpaired) electrons. The Balaban J connectivity index is 1.75. The summed E-state index contributed by atoms with van der Waals surface area (Å²) in [5.74, 6) is 0. The standard InChI is InChI=1S/C24H41N/c1-2-3-4-5-6-7-8-9-10-11-12-13-14-15-16-20-23-25-24-21-18-17-19-22-24/h9-10,17-19,21-22,25H,2-8,11-16,20,23H2,1H3/b10-9-. The van der Waals surface area contributed by atoms with Crippen LogP contribution in [-0.4, -0.2) is 6.54 Å². The number of anilines is 1. The molecule has 25 heavy (non-hydrogen) atoms. The highest BCUT2D eigenvalue weighted by atomic mass is 14.9. The van der Waals surface area contributed by atoms with Gasteiger partial charge in [-0.05, 0) is 44.2 Å². The van der Waals surface area contributed by atoms with E-state index in [4.69, 9.17) is 0 Å². The lowest BCUT2D eigenvalue weighted by Crippen LogP contribution is -2.00. The van der Waals surface area contributed by atoms with Crippen molar-refractivity contribution in [2.45, 2.75) is 96.8 Å². The second-order valence-electron chi connectivity index (χ2n) is 7.23. The molecule has 0 amide bonds. The molecule has 1 nitrogen and oxygen atoms in total. The van der Waals surface area contributed by atoms with Crippen LogP contribution in [0.15, 0.2) is 42.5 Å². The highest BCUT2D eigenvalue weighted by Gasteiger charge is 1.93. The summed E-state index contributed by atoms with van der Waals surface area (Å²) in [6, 6.07) is 10.5. The Morgan fingerprint density at radius 1 is 0.640 bits per heavy atom. The van der Waals surface area contributed by atoms with Crippen LogP contribution in [0.4, 0.5) is 5.69 Å². The van der Waals surface area contributed by atoms with E-state index in [1.165, 1.54) is 95.6 Å². The van der Waals surface area contributed by atoms with Crippen molar-refractivity contribution in [2.24, 2.45) is 0 Å². The molecule has 0 saturated heterocycles. The molecule has 1 rings (SSSR count). The number of para-hydroxylation sites is 1. The maximum Gasteiger partial charge on any atom is 0.0340 e. The lowest BCUT2D eigenvalue weighted by Gasteiger charge is -2.05. The Labute approximate surface area is 157 Å². The molecule has 0 aromatic heterocycles. The second kappa shape index (κ2) is 17.6. The predicted octanol–water partition coefficient (Wildman–Crippen LogP) is 8.14. The van der Waals surface area contributed by atoms with E-state index in [1.54, 1.807) is 0 Å². The van der Waals surface area contributed by atoms with Gasteiger partial charge in [-0.1, -0.05) is 95.1 Å². The van der Waals surface area contributed by atoms with Gasteiger partial charge in [-0.3, -0.25) is 0 Å². The minimum atomic E-state index is 1.10. The minimum Gasteiger partial charge on any atom is -0.385 e. The van der Waals surface area contributed by atoms with Gasteiger partial charge in [0, 0.05) is 12.2 Å². The highest BCUT2D eigenvalue weighted by Crippen LogP contribution is 2.10. The van der Waals surface area contributed by atoms with Crippen molar-refractivity contribution >= 4 is 5.69 Å². The normalized spacial score (nSPS) is 11.2. The van der Waals surface area contributed by atoms with Gasteiger partial charge in [0.05, 0.1) is 0 Å². The maximum atomic E-state index is 3.49. The van der Waals surface area contributed by atoms with Crippen LogP contribution in [0.1, 0.15) is 96.8 Å². The van der Waals surface area contributed by atoms with Crippen LogP contribution in [0.2, 0.25) is 0 Å². The van der Waals surface area contributed by atoms with Crippen LogP contribution < -0.4 is 5.32 Å². The summed E-state index contributed by atoms with van der Waals surface area (Å²) >= 11 is 0. The number of benzene rings is 1. The summed E-state index contributed by atoms with van der Waals surface area (Å²) in [4.78, 5) is 0. The Morgan fingerprint density at radius 2 is 1.16 bits per heavy atom. The summed E-state index contributed by atoms with van der Waals surface area (Å²) in [7, 11) is 0. The third-order valence-corrected chi connectivity index (χ3v) is 4.79. The van der Waals surface area contributed by atoms with Gasteiger partial charge in [0.25, 0.3) is 0 Å². The van der Waals surface area contributed by atoms with Gasteiger partial charge in [0.15, 0.2) is 0 Å². The van der Waals surface area contributed by atoms with Gasteiger partial charge < -0.3 is 5.32 Å². The molecule has 1 aromatic rings. The van der Waals surface area contributed by atoms with Gasteiger partial charge in [0.2, 0.25) is 0 Å². The fraction of sp³-hybridized carbons (Fsp3) is 0.667. The van der Waals surface area contributed by atoms with E-state index < -0.39 is 0 Å². The van der Waals surface area contributed by atoms with E-state index in [0.29, 0.717) is 0 Å². The van der Waals surface area contributed by atoms with Crippen molar-refractivity contribution in [2.75, 3.05) is 11.9 Å². The monoisotopic (exact) mass is 343 g/mol. The zero-order chi connectivity index (χ0) is 17.8. The van der Waals surface area contributed by atoms with E-state index in [1.807, 2.05) is 0 Å². The first-order valence-electron chi connectivity index (χ1n) is 10.9. The molecule has 0 aliphatic carbocycles. The Bertz CT molecular complexity index is 396. The quantitative estimate of drug-likeness (QED) is 0.222. The number of hydrogen-bond donors (Lipinski definition) is 1. The molecular formula is C24H41N. The first-order valence-corrected chi connectivity index (χ1v) is 10.9. The molecule has 0 saturated carbocycles. The number of allylic oxidation sites excluding steroid dienone is 2. The highest BCUT2D eigenvalue weighted by molar-refractivity contribution is 5.42. The zero-order valence-corrected chi connectivity index (χ0v) is 16.6. The third-order valence-electron chi connectivity index (χ3n) is 4.79. The second-order valence-corrected chi connectivity index (χ2v) is 7.23. The predicted molar refractivity (Wildman–Crippen MR) is 114 cm³/mol. The van der Waals surface area contributed by atoms with Crippen molar-refractivity contribution in [3.05, 3.63) is 42.5 Å². The largest absolute Gasteiger partial charge is 0.385 e. The molecular weight excluding hydrogens is 302 g/mol. The molecule has 1 heteroatoms. The number of hydrogen-bond acceptors (Lipinski definition) is 1. The Morgan fingerprint density at radius 3 is 1.76 bits per heavy atom. The molecule has 0 aliphatic heterocycles. The first-order chi connectivity index (χ1) is 12.4. The van der Waals surface area contributed by atoms with Crippen molar-refractivity contribution in [1.29, 1.82) is 0 Å². The van der Waals surface area contributed by atoms with Gasteiger partial charge in [-0.15, -0.1) is 0 Å². The van der Waals surface area contributed by atoms with Crippen molar-refractivity contribution in [3.8, 4) is 0 Å². The smallest absolute Gasteiger partial charge is 0.0340 e. The average molecular weight is 344 g/mol. The van der Waals surface area contributed by atoms with Crippen LogP contribution in [-0.2, 0) is 0 Å². The fourth-order valence-corrected chi connectivity index (χ4v) is 3.16. The lowest BCUT2D eigenvalue weighted by atomic mass is 10.1. The summed E-state index contributed by atoms with van der Waals surface area (Å²) < 4.78 is 0. The lowest BCUT2D eigenvalue weighted by molar-refractivity contribution is 0.602. The topological polar surface area (TPSA) is 12.0 Å². The van der Waals surface area contributed by atoms with Crippen LogP contribution in [0.5, 0.6) is 0 Å². The van der Waals surface area contributed by atoms with E-state index in [2.05, 4.69) is 54.7 Å². The molecule has 1 N–H and O–H groups in total. The van der Waals surface area contributed by atoms with Gasteiger partial charge >= 0.3 is 0 Å². The molecule has 0 heterocycles. The minimum absolute atomic E-state index is 1.10. The van der Waals surface area contributed by atoms with Crippen molar-refractivity contribution < 1.29 is 0 Å². The van der Waals surface area contributed by atoms with Crippen LogP contribution in [0, 0.1) is 0 Å². The summed E-state index contributed by atoms with van der Waals surface area (Å²) in [6.45, 7) is 3.39. The number of unbranched alkanes of at least 4 members (excludes halogenated alkanes) is 12. The zero-order valence-electron chi connectivity index (χ0n) is 16.6. The maximum absolute atomic E-state index is 3.49. The molecule has 142 valence electrons. The van der Waals surface area contributed by atoms with E-state index >= 15 is 0 Å². The fourth-order valence-electron chi connectivity index (χ4n) is 3.16. The van der Waals surface area contributed by atoms with Crippen molar-refractivity contribution in [3.63, 3.8) is 0 Å². The molecule has 0 bridgehead atoms.